The predicted octanol–water partition coefficient (Wildman–Crippen LogP) is 2.09. The normalized spacial score (nSPS) is 18.2. The van der Waals surface area contributed by atoms with Gasteiger partial charge in [0.25, 0.3) is 0 Å². The Hall–Kier alpha value is -2.54. The average Bonchev–Trinajstić information content (AvgIpc) is 2.99. The van der Waals surface area contributed by atoms with E-state index in [1.165, 1.54) is 12.3 Å². The fourth-order valence-corrected chi connectivity index (χ4v) is 2.87. The molecule has 1 aliphatic rings. The first-order valence-corrected chi connectivity index (χ1v) is 7.73. The molecule has 2 N–H and O–H groups in total. The summed E-state index contributed by atoms with van der Waals surface area (Å²) in [6, 6.07) is 5.24. The van der Waals surface area contributed by atoms with Gasteiger partial charge in [-0.25, -0.2) is 19.3 Å². The number of nitrogens with one attached hydrogen (secondary N) is 2. The number of aromatic nitrogens is 4. The number of nitrogens with zero attached hydrogens (tertiary/aromatic N) is 4. The molecule has 3 aromatic heterocycles. The molecule has 3 aromatic rings. The standard InChI is InChI=1S/C16H17FN6/c17-11-3-4-15-20-9-13(23(15)10-11)16-19-7-5-14(22-16)21-12-2-1-6-18-8-12/h3-5,7,9-10,12,18H,1-2,6,8H2,(H,19,21,22). The molecule has 0 aromatic carbocycles. The monoisotopic (exact) mass is 312 g/mol. The van der Waals surface area contributed by atoms with Gasteiger partial charge < -0.3 is 10.6 Å². The van der Waals surface area contributed by atoms with Gasteiger partial charge in [0.05, 0.1) is 6.20 Å². The molecule has 23 heavy (non-hydrogen) atoms. The second-order valence-electron chi connectivity index (χ2n) is 5.67. The minimum absolute atomic E-state index is 0.320. The van der Waals surface area contributed by atoms with E-state index in [0.29, 0.717) is 23.2 Å². The molecule has 0 aliphatic carbocycles. The van der Waals surface area contributed by atoms with Gasteiger partial charge in [0, 0.05) is 25.0 Å². The second kappa shape index (κ2) is 5.92. The van der Waals surface area contributed by atoms with Crippen LogP contribution < -0.4 is 10.6 Å². The van der Waals surface area contributed by atoms with Crippen LogP contribution in [-0.4, -0.2) is 38.5 Å². The molecule has 4 heterocycles. The molecule has 0 amide bonds. The van der Waals surface area contributed by atoms with E-state index in [2.05, 4.69) is 25.6 Å². The SMILES string of the molecule is Fc1ccc2ncc(-c3nccc(NC4CCCNC4)n3)n2c1. The summed E-state index contributed by atoms with van der Waals surface area (Å²) in [6.07, 6.45) is 7.04. The van der Waals surface area contributed by atoms with E-state index in [0.717, 1.165) is 31.7 Å². The van der Waals surface area contributed by atoms with Gasteiger partial charge in [-0.3, -0.25) is 4.40 Å². The Morgan fingerprint density at radius 3 is 3.09 bits per heavy atom. The summed E-state index contributed by atoms with van der Waals surface area (Å²) in [6.45, 7) is 2.00. The topological polar surface area (TPSA) is 67.1 Å². The fraction of sp³-hybridized carbons (Fsp3) is 0.312. The molecule has 1 aliphatic heterocycles. The van der Waals surface area contributed by atoms with Crippen molar-refractivity contribution in [3.05, 3.63) is 42.6 Å². The lowest BCUT2D eigenvalue weighted by atomic mass is 10.1. The van der Waals surface area contributed by atoms with Gasteiger partial charge in [-0.05, 0) is 37.6 Å². The highest BCUT2D eigenvalue weighted by Gasteiger charge is 2.14. The zero-order chi connectivity index (χ0) is 15.6. The Labute approximate surface area is 132 Å². The van der Waals surface area contributed by atoms with E-state index >= 15 is 0 Å². The van der Waals surface area contributed by atoms with Crippen molar-refractivity contribution in [2.45, 2.75) is 18.9 Å². The van der Waals surface area contributed by atoms with Crippen molar-refractivity contribution < 1.29 is 4.39 Å². The molecular weight excluding hydrogens is 295 g/mol. The van der Waals surface area contributed by atoms with Crippen LogP contribution in [0.5, 0.6) is 0 Å². The third kappa shape index (κ3) is 2.87. The van der Waals surface area contributed by atoms with Crippen molar-refractivity contribution in [1.82, 2.24) is 24.7 Å². The van der Waals surface area contributed by atoms with Crippen LogP contribution in [-0.2, 0) is 0 Å². The highest BCUT2D eigenvalue weighted by atomic mass is 19.1. The number of rotatable bonds is 3. The Kier molecular flexibility index (Phi) is 3.63. The van der Waals surface area contributed by atoms with Crippen LogP contribution in [0.4, 0.5) is 10.2 Å². The molecule has 118 valence electrons. The first-order valence-electron chi connectivity index (χ1n) is 7.73. The maximum atomic E-state index is 13.5. The Bertz CT molecular complexity index is 824. The van der Waals surface area contributed by atoms with Crippen molar-refractivity contribution in [3.63, 3.8) is 0 Å². The van der Waals surface area contributed by atoms with Crippen molar-refractivity contribution >= 4 is 11.5 Å². The zero-order valence-corrected chi connectivity index (χ0v) is 12.5. The lowest BCUT2D eigenvalue weighted by Crippen LogP contribution is -2.38. The summed E-state index contributed by atoms with van der Waals surface area (Å²) in [7, 11) is 0. The van der Waals surface area contributed by atoms with E-state index in [9.17, 15) is 4.39 Å². The van der Waals surface area contributed by atoms with Gasteiger partial charge in [-0.1, -0.05) is 0 Å². The molecule has 0 spiro atoms. The lowest BCUT2D eigenvalue weighted by Gasteiger charge is -2.24. The van der Waals surface area contributed by atoms with Gasteiger partial charge >= 0.3 is 0 Å². The minimum Gasteiger partial charge on any atom is -0.366 e. The van der Waals surface area contributed by atoms with Crippen LogP contribution in [0.1, 0.15) is 12.8 Å². The predicted molar refractivity (Wildman–Crippen MR) is 85.7 cm³/mol. The first kappa shape index (κ1) is 14.1. The lowest BCUT2D eigenvalue weighted by molar-refractivity contribution is 0.479. The first-order chi connectivity index (χ1) is 11.3. The van der Waals surface area contributed by atoms with Crippen molar-refractivity contribution in [2.24, 2.45) is 0 Å². The Morgan fingerprint density at radius 1 is 1.26 bits per heavy atom. The van der Waals surface area contributed by atoms with Crippen molar-refractivity contribution in [2.75, 3.05) is 18.4 Å². The van der Waals surface area contributed by atoms with Gasteiger partial charge in [0.2, 0.25) is 0 Å². The van der Waals surface area contributed by atoms with E-state index in [-0.39, 0.29) is 5.82 Å². The largest absolute Gasteiger partial charge is 0.366 e. The summed E-state index contributed by atoms with van der Waals surface area (Å²) in [5.74, 6) is 0.978. The third-order valence-electron chi connectivity index (χ3n) is 4.00. The third-order valence-corrected chi connectivity index (χ3v) is 4.00. The number of anilines is 1. The summed E-state index contributed by atoms with van der Waals surface area (Å²) < 4.78 is 15.2. The number of hydrogen-bond acceptors (Lipinski definition) is 5. The second-order valence-corrected chi connectivity index (χ2v) is 5.67. The summed E-state index contributed by atoms with van der Waals surface area (Å²) in [5, 5.41) is 6.79. The highest BCUT2D eigenvalue weighted by Crippen LogP contribution is 2.19. The molecular formula is C16H17FN6. The van der Waals surface area contributed by atoms with Gasteiger partial charge in [0.1, 0.15) is 23.0 Å². The van der Waals surface area contributed by atoms with Crippen LogP contribution in [0.2, 0.25) is 0 Å². The maximum Gasteiger partial charge on any atom is 0.180 e. The number of pyridine rings is 1. The molecule has 0 radical (unpaired) electrons. The van der Waals surface area contributed by atoms with Crippen molar-refractivity contribution in [1.29, 1.82) is 0 Å². The Balaban J connectivity index is 1.65. The molecule has 7 heteroatoms. The maximum absolute atomic E-state index is 13.5. The van der Waals surface area contributed by atoms with Gasteiger partial charge in [-0.2, -0.15) is 0 Å². The molecule has 6 nitrogen and oxygen atoms in total. The molecule has 4 rings (SSSR count). The number of imidazole rings is 1. The van der Waals surface area contributed by atoms with Gasteiger partial charge in [0.15, 0.2) is 5.82 Å². The van der Waals surface area contributed by atoms with Gasteiger partial charge in [-0.15, -0.1) is 0 Å². The molecule has 0 saturated carbocycles. The van der Waals surface area contributed by atoms with Crippen LogP contribution >= 0.6 is 0 Å². The summed E-state index contributed by atoms with van der Waals surface area (Å²) in [5.41, 5.74) is 1.34. The van der Waals surface area contributed by atoms with E-state index in [4.69, 9.17) is 0 Å². The van der Waals surface area contributed by atoms with Crippen LogP contribution in [0.15, 0.2) is 36.8 Å². The minimum atomic E-state index is -0.320. The molecule has 0 bridgehead atoms. The molecule has 1 fully saturated rings. The number of fused-ring (bicyclic) bond motifs is 1. The number of hydrogen-bond donors (Lipinski definition) is 2. The smallest absolute Gasteiger partial charge is 0.180 e. The summed E-state index contributed by atoms with van der Waals surface area (Å²) in [4.78, 5) is 13.1. The van der Waals surface area contributed by atoms with E-state index in [1.54, 1.807) is 22.9 Å². The van der Waals surface area contributed by atoms with Crippen LogP contribution in [0.3, 0.4) is 0 Å². The molecule has 1 unspecified atom stereocenters. The van der Waals surface area contributed by atoms with Crippen molar-refractivity contribution in [3.8, 4) is 11.5 Å². The zero-order valence-electron chi connectivity index (χ0n) is 12.5. The number of halogens is 1. The van der Waals surface area contributed by atoms with Crippen LogP contribution in [0.25, 0.3) is 17.2 Å². The fourth-order valence-electron chi connectivity index (χ4n) is 2.87. The average molecular weight is 312 g/mol. The highest BCUT2D eigenvalue weighted by molar-refractivity contribution is 5.58. The molecule has 1 saturated heterocycles. The quantitative estimate of drug-likeness (QED) is 0.775. The summed E-state index contributed by atoms with van der Waals surface area (Å²) >= 11 is 0. The van der Waals surface area contributed by atoms with E-state index in [1.807, 2.05) is 6.07 Å². The van der Waals surface area contributed by atoms with Crippen LogP contribution in [0, 0.1) is 5.82 Å². The van der Waals surface area contributed by atoms with E-state index < -0.39 is 0 Å². The molecule has 1 atom stereocenters. The Morgan fingerprint density at radius 2 is 2.22 bits per heavy atom. The number of piperidine rings is 1.